The van der Waals surface area contributed by atoms with Gasteiger partial charge in [0.05, 0.1) is 6.61 Å². The maximum absolute atomic E-state index is 5.42. The summed E-state index contributed by atoms with van der Waals surface area (Å²) in [7, 11) is 0. The van der Waals surface area contributed by atoms with Crippen LogP contribution in [0.3, 0.4) is 0 Å². The van der Waals surface area contributed by atoms with Crippen LogP contribution in [0.1, 0.15) is 27.2 Å². The van der Waals surface area contributed by atoms with E-state index in [1.807, 2.05) is 0 Å². The molecule has 0 radical (unpaired) electrons. The number of rotatable bonds is 3. The summed E-state index contributed by atoms with van der Waals surface area (Å²) < 4.78 is 6.18. The Balaban J connectivity index is 2.28. The quantitative estimate of drug-likeness (QED) is 0.842. The zero-order valence-electron chi connectivity index (χ0n) is 8.00. The monoisotopic (exact) mass is 264 g/mol. The molecule has 0 spiro atoms. The molecule has 0 N–H and O–H groups in total. The summed E-state index contributed by atoms with van der Waals surface area (Å²) in [5.41, 5.74) is 0.307. The fourth-order valence-electron chi connectivity index (χ4n) is 0.696. The van der Waals surface area contributed by atoms with E-state index in [2.05, 4.69) is 46.9 Å². The van der Waals surface area contributed by atoms with E-state index in [1.54, 1.807) is 0 Å². The molecule has 1 rings (SSSR count). The van der Waals surface area contributed by atoms with Gasteiger partial charge in [-0.2, -0.15) is 0 Å². The van der Waals surface area contributed by atoms with Gasteiger partial charge >= 0.3 is 0 Å². The standard InChI is InChI=1S/C8H13BrN2OS/c1-8(2,3)4-5-12-7-11-10-6(9)13-7/h4-5H2,1-3H3. The summed E-state index contributed by atoms with van der Waals surface area (Å²) in [6, 6.07) is 0. The second kappa shape index (κ2) is 4.37. The van der Waals surface area contributed by atoms with Crippen molar-refractivity contribution >= 4 is 27.3 Å². The minimum Gasteiger partial charge on any atom is -0.469 e. The van der Waals surface area contributed by atoms with E-state index in [1.165, 1.54) is 11.3 Å². The molecule has 0 aliphatic rings. The molecular weight excluding hydrogens is 252 g/mol. The van der Waals surface area contributed by atoms with Gasteiger partial charge in [-0.05, 0) is 39.1 Å². The number of aromatic nitrogens is 2. The highest BCUT2D eigenvalue weighted by molar-refractivity contribution is 9.11. The van der Waals surface area contributed by atoms with Crippen molar-refractivity contribution in [3.05, 3.63) is 3.92 Å². The molecule has 0 aliphatic carbocycles. The molecule has 0 atom stereocenters. The van der Waals surface area contributed by atoms with E-state index < -0.39 is 0 Å². The third kappa shape index (κ3) is 4.57. The average molecular weight is 265 g/mol. The molecule has 74 valence electrons. The molecule has 0 aromatic carbocycles. The maximum Gasteiger partial charge on any atom is 0.294 e. The smallest absolute Gasteiger partial charge is 0.294 e. The molecule has 1 aromatic rings. The molecule has 0 saturated carbocycles. The normalized spacial score (nSPS) is 11.7. The third-order valence-corrected chi connectivity index (χ3v) is 2.73. The predicted molar refractivity (Wildman–Crippen MR) is 57.2 cm³/mol. The first kappa shape index (κ1) is 10.9. The second-order valence-electron chi connectivity index (χ2n) is 3.98. The fraction of sp³-hybridized carbons (Fsp3) is 0.750. The van der Waals surface area contributed by atoms with E-state index in [0.717, 1.165) is 10.3 Å². The highest BCUT2D eigenvalue weighted by atomic mass is 79.9. The van der Waals surface area contributed by atoms with Crippen LogP contribution >= 0.6 is 27.3 Å². The largest absolute Gasteiger partial charge is 0.469 e. The lowest BCUT2D eigenvalue weighted by molar-refractivity contribution is 0.241. The number of nitrogens with zero attached hydrogens (tertiary/aromatic N) is 2. The van der Waals surface area contributed by atoms with Gasteiger partial charge in [0.25, 0.3) is 5.19 Å². The van der Waals surface area contributed by atoms with Crippen LogP contribution in [0.15, 0.2) is 3.92 Å². The molecule has 0 unspecified atom stereocenters. The summed E-state index contributed by atoms with van der Waals surface area (Å²) in [6.45, 7) is 7.26. The van der Waals surface area contributed by atoms with Crippen molar-refractivity contribution in [1.29, 1.82) is 0 Å². The Morgan fingerprint density at radius 3 is 2.54 bits per heavy atom. The summed E-state index contributed by atoms with van der Waals surface area (Å²) in [5.74, 6) is 0. The lowest BCUT2D eigenvalue weighted by atomic mass is 9.93. The lowest BCUT2D eigenvalue weighted by Gasteiger charge is -2.16. The van der Waals surface area contributed by atoms with Crippen LogP contribution in [0.25, 0.3) is 0 Å². The minimum atomic E-state index is 0.307. The molecular formula is C8H13BrN2OS. The first-order chi connectivity index (χ1) is 5.97. The van der Waals surface area contributed by atoms with Crippen LogP contribution in [0.5, 0.6) is 5.19 Å². The number of halogens is 1. The summed E-state index contributed by atoms with van der Waals surface area (Å²) >= 11 is 4.64. The molecule has 5 heteroatoms. The van der Waals surface area contributed by atoms with Crippen LogP contribution in [0.4, 0.5) is 0 Å². The second-order valence-corrected chi connectivity index (χ2v) is 6.20. The van der Waals surface area contributed by atoms with E-state index in [4.69, 9.17) is 4.74 Å². The van der Waals surface area contributed by atoms with Gasteiger partial charge in [0.2, 0.25) is 0 Å². The van der Waals surface area contributed by atoms with Crippen molar-refractivity contribution in [2.75, 3.05) is 6.61 Å². The summed E-state index contributed by atoms with van der Waals surface area (Å²) in [5, 5.41) is 8.26. The molecule has 1 aromatic heterocycles. The van der Waals surface area contributed by atoms with Crippen molar-refractivity contribution in [1.82, 2.24) is 10.2 Å². The van der Waals surface area contributed by atoms with Crippen molar-refractivity contribution < 1.29 is 4.74 Å². The van der Waals surface area contributed by atoms with Crippen LogP contribution in [0.2, 0.25) is 0 Å². The van der Waals surface area contributed by atoms with Gasteiger partial charge in [-0.1, -0.05) is 25.9 Å². The van der Waals surface area contributed by atoms with E-state index in [-0.39, 0.29) is 0 Å². The van der Waals surface area contributed by atoms with Gasteiger partial charge in [-0.25, -0.2) is 0 Å². The Hall–Kier alpha value is -0.160. The maximum atomic E-state index is 5.42. The van der Waals surface area contributed by atoms with Gasteiger partial charge in [0, 0.05) is 0 Å². The minimum absolute atomic E-state index is 0.307. The molecule has 0 aliphatic heterocycles. The number of hydrogen-bond donors (Lipinski definition) is 0. The Bertz CT molecular complexity index is 269. The molecule has 1 heterocycles. The Morgan fingerprint density at radius 1 is 1.38 bits per heavy atom. The van der Waals surface area contributed by atoms with E-state index >= 15 is 0 Å². The first-order valence-corrected chi connectivity index (χ1v) is 5.70. The third-order valence-electron chi connectivity index (χ3n) is 1.46. The topological polar surface area (TPSA) is 35.0 Å². The van der Waals surface area contributed by atoms with Crippen LogP contribution < -0.4 is 4.74 Å². The number of ether oxygens (including phenoxy) is 1. The van der Waals surface area contributed by atoms with Gasteiger partial charge in [0.15, 0.2) is 3.92 Å². The summed E-state index contributed by atoms with van der Waals surface area (Å²) in [4.78, 5) is 0. The van der Waals surface area contributed by atoms with Gasteiger partial charge in [-0.15, -0.1) is 5.10 Å². The Morgan fingerprint density at radius 2 is 2.08 bits per heavy atom. The summed E-state index contributed by atoms with van der Waals surface area (Å²) in [6.07, 6.45) is 1.02. The number of hydrogen-bond acceptors (Lipinski definition) is 4. The molecule has 13 heavy (non-hydrogen) atoms. The fourth-order valence-corrected chi connectivity index (χ4v) is 1.64. The zero-order chi connectivity index (χ0) is 9.90. The highest BCUT2D eigenvalue weighted by Gasteiger charge is 2.10. The Labute approximate surface area is 90.7 Å². The van der Waals surface area contributed by atoms with Crippen molar-refractivity contribution in [2.24, 2.45) is 5.41 Å². The van der Waals surface area contributed by atoms with Crippen LogP contribution in [-0.2, 0) is 0 Å². The molecule has 0 saturated heterocycles. The van der Waals surface area contributed by atoms with Crippen LogP contribution in [0, 0.1) is 5.41 Å². The van der Waals surface area contributed by atoms with Gasteiger partial charge in [-0.3, -0.25) is 0 Å². The van der Waals surface area contributed by atoms with E-state index in [0.29, 0.717) is 17.2 Å². The van der Waals surface area contributed by atoms with Crippen molar-refractivity contribution in [3.63, 3.8) is 0 Å². The zero-order valence-corrected chi connectivity index (χ0v) is 10.4. The van der Waals surface area contributed by atoms with Crippen LogP contribution in [-0.4, -0.2) is 16.8 Å². The van der Waals surface area contributed by atoms with Gasteiger partial charge < -0.3 is 4.74 Å². The molecule has 0 fully saturated rings. The molecule has 0 amide bonds. The average Bonchev–Trinajstić information content (AvgIpc) is 2.33. The predicted octanol–water partition coefficient (Wildman–Crippen LogP) is 3.12. The first-order valence-electron chi connectivity index (χ1n) is 4.09. The lowest BCUT2D eigenvalue weighted by Crippen LogP contribution is -2.10. The highest BCUT2D eigenvalue weighted by Crippen LogP contribution is 2.24. The SMILES string of the molecule is CC(C)(C)CCOc1nnc(Br)s1. The van der Waals surface area contributed by atoms with Crippen molar-refractivity contribution in [2.45, 2.75) is 27.2 Å². The molecule has 0 bridgehead atoms. The van der Waals surface area contributed by atoms with E-state index in [9.17, 15) is 0 Å². The Kier molecular flexibility index (Phi) is 3.67. The van der Waals surface area contributed by atoms with Crippen molar-refractivity contribution in [3.8, 4) is 5.19 Å². The van der Waals surface area contributed by atoms with Gasteiger partial charge in [0.1, 0.15) is 0 Å². The molecule has 3 nitrogen and oxygen atoms in total.